The molecule has 0 amide bonds. The van der Waals surface area contributed by atoms with Gasteiger partial charge in [-0.1, -0.05) is 12.1 Å². The number of nitrogens with one attached hydrogen (secondary N) is 1. The van der Waals surface area contributed by atoms with E-state index in [9.17, 15) is 23.6 Å². The fourth-order valence-corrected chi connectivity index (χ4v) is 5.45. The summed E-state index contributed by atoms with van der Waals surface area (Å²) in [6, 6.07) is 13.8. The summed E-state index contributed by atoms with van der Waals surface area (Å²) in [6.45, 7) is 0.974. The summed E-state index contributed by atoms with van der Waals surface area (Å²) >= 11 is 0. The van der Waals surface area contributed by atoms with E-state index in [1.807, 2.05) is 0 Å². The molecule has 0 fully saturated rings. The third-order valence-electron chi connectivity index (χ3n) is 6.37. The highest BCUT2D eigenvalue weighted by atomic mass is 32.2. The first-order valence-corrected chi connectivity index (χ1v) is 13.7. The van der Waals surface area contributed by atoms with Crippen LogP contribution in [0.1, 0.15) is 21.5 Å². The molecule has 5 rings (SSSR count). The van der Waals surface area contributed by atoms with E-state index in [0.29, 0.717) is 25.1 Å². The van der Waals surface area contributed by atoms with Crippen LogP contribution in [0.2, 0.25) is 0 Å². The molecular weight excluding hydrogens is 584 g/mol. The quantitative estimate of drug-likeness (QED) is 0.158. The van der Waals surface area contributed by atoms with Crippen LogP contribution >= 0.6 is 0 Å². The number of rotatable bonds is 9. The van der Waals surface area contributed by atoms with Gasteiger partial charge >= 0.3 is 5.97 Å². The third kappa shape index (κ3) is 5.85. The zero-order chi connectivity index (χ0) is 30.8. The molecule has 5 N–H and O–H groups in total. The smallest absolute Gasteiger partial charge is 0.336 e. The molecule has 11 nitrogen and oxygen atoms in total. The summed E-state index contributed by atoms with van der Waals surface area (Å²) in [7, 11) is -0.184. The number of ether oxygens (including phenoxy) is 2. The van der Waals surface area contributed by atoms with Crippen molar-refractivity contribution in [1.29, 1.82) is 5.41 Å². The lowest BCUT2D eigenvalue weighted by atomic mass is 10.1. The van der Waals surface area contributed by atoms with Crippen molar-refractivity contribution in [2.75, 3.05) is 20.1 Å². The number of benzene rings is 3. The van der Waals surface area contributed by atoms with Crippen LogP contribution in [0.4, 0.5) is 8.78 Å². The van der Waals surface area contributed by atoms with Crippen LogP contribution in [0.15, 0.2) is 81.6 Å². The summed E-state index contributed by atoms with van der Waals surface area (Å²) < 4.78 is 55.1. The van der Waals surface area contributed by atoms with Crippen molar-refractivity contribution >= 4 is 28.4 Å². The zero-order valence-corrected chi connectivity index (χ0v) is 23.2. The number of amidine groups is 2. The zero-order valence-electron chi connectivity index (χ0n) is 22.4. The molecule has 0 saturated carbocycles. The average molecular weight is 608 g/mol. The lowest BCUT2D eigenvalue weighted by Gasteiger charge is -2.19. The number of phenolic OH excluding ortho intramolecular Hbond substituents is 1. The number of hydrogen-bond acceptors (Lipinski definition) is 9. The number of carboxylic acids is 1. The first-order valence-electron chi connectivity index (χ1n) is 12.6. The lowest BCUT2D eigenvalue weighted by molar-refractivity contribution is 0.0693. The normalized spacial score (nSPS) is 13.4. The van der Waals surface area contributed by atoms with Crippen molar-refractivity contribution in [2.45, 2.75) is 9.79 Å². The van der Waals surface area contributed by atoms with E-state index in [-0.39, 0.29) is 43.8 Å². The van der Waals surface area contributed by atoms with Crippen LogP contribution in [0.25, 0.3) is 0 Å². The van der Waals surface area contributed by atoms with Crippen molar-refractivity contribution in [3.63, 3.8) is 0 Å². The van der Waals surface area contributed by atoms with Gasteiger partial charge in [0.05, 0.1) is 39.6 Å². The molecule has 0 bridgehead atoms. The predicted octanol–water partition coefficient (Wildman–Crippen LogP) is 4.49. The first kappa shape index (κ1) is 29.1. The van der Waals surface area contributed by atoms with Crippen molar-refractivity contribution in [1.82, 2.24) is 9.88 Å². The Bertz CT molecular complexity index is 1830. The summed E-state index contributed by atoms with van der Waals surface area (Å²) in [5.41, 5.74) is 5.78. The summed E-state index contributed by atoms with van der Waals surface area (Å²) in [5.74, 6) is -6.01. The Morgan fingerprint density at radius 3 is 2.56 bits per heavy atom. The van der Waals surface area contributed by atoms with E-state index in [0.717, 1.165) is 0 Å². The molecule has 43 heavy (non-hydrogen) atoms. The number of pyridine rings is 1. The molecule has 1 aliphatic rings. The molecule has 14 heteroatoms. The van der Waals surface area contributed by atoms with E-state index in [2.05, 4.69) is 9.98 Å². The average Bonchev–Trinajstić information content (AvgIpc) is 3.42. The minimum Gasteiger partial charge on any atom is -0.504 e. The molecule has 2 heterocycles. The number of halogens is 2. The predicted molar refractivity (Wildman–Crippen MR) is 152 cm³/mol. The monoisotopic (exact) mass is 607 g/mol. The molecule has 220 valence electrons. The highest BCUT2D eigenvalue weighted by Gasteiger charge is 2.26. The van der Waals surface area contributed by atoms with Gasteiger partial charge in [-0.05, 0) is 48.5 Å². The van der Waals surface area contributed by atoms with Crippen molar-refractivity contribution in [2.24, 2.45) is 10.7 Å². The number of aromatic nitrogens is 1. The van der Waals surface area contributed by atoms with E-state index < -0.39 is 45.8 Å². The topological polar surface area (TPSA) is 171 Å². The minimum atomic E-state index is -1.93. The molecule has 1 aliphatic heterocycles. The Morgan fingerprint density at radius 2 is 1.86 bits per heavy atom. The second-order valence-corrected chi connectivity index (χ2v) is 10.7. The van der Waals surface area contributed by atoms with Gasteiger partial charge in [-0.3, -0.25) is 10.4 Å². The van der Waals surface area contributed by atoms with Crippen LogP contribution in [-0.4, -0.2) is 62.1 Å². The van der Waals surface area contributed by atoms with Crippen LogP contribution in [0, 0.1) is 17.0 Å². The number of aromatic carboxylic acids is 1. The van der Waals surface area contributed by atoms with Crippen molar-refractivity contribution in [3.05, 3.63) is 95.2 Å². The molecule has 1 aromatic heterocycles. The van der Waals surface area contributed by atoms with Gasteiger partial charge in [0, 0.05) is 24.1 Å². The number of carboxylic acid groups (broad SMARTS) is 1. The van der Waals surface area contributed by atoms with Gasteiger partial charge in [0.25, 0.3) is 5.88 Å². The molecule has 0 spiro atoms. The Morgan fingerprint density at radius 1 is 1.09 bits per heavy atom. The van der Waals surface area contributed by atoms with E-state index >= 15 is 4.39 Å². The Labute approximate surface area is 245 Å². The maximum absolute atomic E-state index is 15.6. The fraction of sp³-hybridized carbons (Fsp3) is 0.103. The van der Waals surface area contributed by atoms with Crippen LogP contribution in [0.5, 0.6) is 28.9 Å². The standard InChI is InChI=1S/C29H23F2N5O6S/c1-36-11-10-34-27(36)18-13-16(43(40)23-5-3-2-4-17(23)29(38)39)7-9-21(18)41-25-19(30)14-35-28(24(25)31)42-22-12-15(26(32)33)6-8-20(22)37/h2-9,12-14,37H,10-11H2,1H3,(H3,32,33)(H,38,39). The van der Waals surface area contributed by atoms with Gasteiger partial charge in [-0.25, -0.2) is 18.4 Å². The first-order chi connectivity index (χ1) is 20.5. The second-order valence-electron chi connectivity index (χ2n) is 9.21. The van der Waals surface area contributed by atoms with E-state index in [4.69, 9.17) is 20.6 Å². The van der Waals surface area contributed by atoms with Gasteiger partial charge in [0.1, 0.15) is 17.4 Å². The highest BCUT2D eigenvalue weighted by molar-refractivity contribution is 7.85. The number of carbonyl (C=O) groups is 1. The summed E-state index contributed by atoms with van der Waals surface area (Å²) in [4.78, 5) is 21.8. The number of phenols is 1. The molecule has 0 aliphatic carbocycles. The van der Waals surface area contributed by atoms with Gasteiger partial charge in [0.15, 0.2) is 17.3 Å². The maximum atomic E-state index is 15.6. The Balaban J connectivity index is 1.55. The number of aromatic hydroxyl groups is 1. The van der Waals surface area contributed by atoms with E-state index in [1.165, 1.54) is 54.6 Å². The van der Waals surface area contributed by atoms with Crippen LogP contribution < -0.4 is 15.2 Å². The fourth-order valence-electron chi connectivity index (χ4n) is 4.22. The number of aliphatic imine (C=N–C) groups is 1. The number of nitrogens with zero attached hydrogens (tertiary/aromatic N) is 3. The molecule has 0 saturated heterocycles. The van der Waals surface area contributed by atoms with Gasteiger partial charge in [-0.2, -0.15) is 4.39 Å². The second kappa shape index (κ2) is 11.9. The lowest BCUT2D eigenvalue weighted by Crippen LogP contribution is -2.24. The molecule has 0 radical (unpaired) electrons. The summed E-state index contributed by atoms with van der Waals surface area (Å²) in [5, 5.41) is 27.3. The van der Waals surface area contributed by atoms with Gasteiger partial charge in [-0.15, -0.1) is 0 Å². The number of likely N-dealkylation sites (N-methyl/N-ethyl adjacent to an activating group) is 1. The van der Waals surface area contributed by atoms with Crippen molar-refractivity contribution in [3.8, 4) is 28.9 Å². The number of nitrogen functional groups attached to an aromatic ring is 1. The molecule has 4 aromatic rings. The molecule has 1 atom stereocenters. The van der Waals surface area contributed by atoms with Gasteiger partial charge < -0.3 is 30.3 Å². The number of hydrogen-bond donors (Lipinski definition) is 4. The number of nitrogens with two attached hydrogens (primary N) is 1. The Hall–Kier alpha value is -5.37. The maximum Gasteiger partial charge on any atom is 0.336 e. The molecule has 1 unspecified atom stereocenters. The Kier molecular flexibility index (Phi) is 8.03. The third-order valence-corrected chi connectivity index (χ3v) is 7.81. The summed E-state index contributed by atoms with van der Waals surface area (Å²) in [6.07, 6.45) is 0.671. The largest absolute Gasteiger partial charge is 0.504 e. The molecule has 3 aromatic carbocycles. The minimum absolute atomic E-state index is 0.0452. The van der Waals surface area contributed by atoms with E-state index in [1.54, 1.807) is 18.0 Å². The van der Waals surface area contributed by atoms with Crippen molar-refractivity contribution < 1.29 is 37.5 Å². The van der Waals surface area contributed by atoms with Crippen LogP contribution in [0.3, 0.4) is 0 Å². The highest BCUT2D eigenvalue weighted by Crippen LogP contribution is 2.38. The van der Waals surface area contributed by atoms with Crippen LogP contribution in [-0.2, 0) is 10.8 Å². The SMILES string of the molecule is CN1CCN=C1c1cc(S(=O)c2ccccc2C(=O)O)ccc1Oc1c(F)cnc(Oc2cc(C(=N)N)ccc2O)c1F. The van der Waals surface area contributed by atoms with Gasteiger partial charge in [0.2, 0.25) is 11.6 Å². The molecular formula is C29H23F2N5O6S.